The molecule has 3 aliphatic rings. The van der Waals surface area contributed by atoms with E-state index in [0.717, 1.165) is 42.5 Å². The Hall–Kier alpha value is -5.73. The zero-order chi connectivity index (χ0) is 31.4. The number of carbonyl (C=O) groups excluding carboxylic acids is 1. The number of Topliss-reactive ketones (excluding diaryl/α,β-unsaturated/α-hetero) is 1. The van der Waals surface area contributed by atoms with Gasteiger partial charge in [-0.3, -0.25) is 4.79 Å². The Balaban J connectivity index is 1.51. The first-order chi connectivity index (χ1) is 20.8. The van der Waals surface area contributed by atoms with Crippen LogP contribution in [-0.2, 0) is 5.79 Å². The third kappa shape index (κ3) is 3.52. The lowest BCUT2D eigenvalue weighted by atomic mass is 9.74. The van der Waals surface area contributed by atoms with Gasteiger partial charge in [-0.25, -0.2) is 0 Å². The average molecular weight is 606 g/mol. The van der Waals surface area contributed by atoms with Gasteiger partial charge in [-0.15, -0.1) is 0 Å². The van der Waals surface area contributed by atoms with Crippen molar-refractivity contribution in [1.29, 1.82) is 0 Å². The highest BCUT2D eigenvalue weighted by Crippen LogP contribution is 2.62. The molecular formula is C30H22O14. The summed E-state index contributed by atoms with van der Waals surface area (Å²) in [5, 5.41) is 105. The predicted octanol–water partition coefficient (Wildman–Crippen LogP) is 2.14. The van der Waals surface area contributed by atoms with Crippen molar-refractivity contribution in [2.45, 2.75) is 30.0 Å². The molecule has 0 saturated carbocycles. The number of hydrogen-bond donors (Lipinski definition) is 10. The minimum absolute atomic E-state index is 0.0608. The fourth-order valence-electron chi connectivity index (χ4n) is 6.06. The van der Waals surface area contributed by atoms with Crippen molar-refractivity contribution >= 4 is 5.78 Å². The van der Waals surface area contributed by atoms with Crippen molar-refractivity contribution < 1.29 is 70.1 Å². The number of aliphatic hydroxyl groups is 2. The highest BCUT2D eigenvalue weighted by Gasteiger charge is 2.60. The Morgan fingerprint density at radius 2 is 1.32 bits per heavy atom. The molecule has 5 unspecified atom stereocenters. The SMILES string of the molecule is O=C1c2c(O)cc3c(c2OC(c2ccc(O)c(O)c2)C1O)C1c2c(O)cc(O)cc2OC(c2cc(O)c(O)c(O)c2)(O3)C1O. The average Bonchev–Trinajstić information content (AvgIpc) is 2.95. The molecule has 4 aromatic rings. The van der Waals surface area contributed by atoms with Crippen LogP contribution in [0.5, 0.6) is 63.2 Å². The smallest absolute Gasteiger partial charge is 0.305 e. The maximum absolute atomic E-state index is 13.5. The Labute approximate surface area is 245 Å². The van der Waals surface area contributed by atoms with Crippen LogP contribution in [0.3, 0.4) is 0 Å². The molecule has 0 fully saturated rings. The molecule has 4 aromatic carbocycles. The minimum Gasteiger partial charge on any atom is -0.508 e. The fraction of sp³-hybridized carbons (Fsp3) is 0.167. The van der Waals surface area contributed by atoms with Gasteiger partial charge in [0, 0.05) is 34.9 Å². The molecule has 14 heteroatoms. The molecular weight excluding hydrogens is 584 g/mol. The topological polar surface area (TPSA) is 247 Å². The standard InChI is InChI=1S/C30H22O14/c31-11-6-14(34)20-18(7-11)43-30(10-4-16(36)24(38)17(37)5-10)29(41)23(20)22-19(44-30)8-15(35)21-25(39)26(40)27(42-28(21)22)9-1-2-12(32)13(33)3-9/h1-8,23,26-27,29,31-38,40-41H. The molecule has 0 radical (unpaired) electrons. The van der Waals surface area contributed by atoms with Crippen LogP contribution in [0, 0.1) is 0 Å². The van der Waals surface area contributed by atoms with E-state index in [1.165, 1.54) is 6.07 Å². The second-order valence-electron chi connectivity index (χ2n) is 10.6. The largest absolute Gasteiger partial charge is 0.508 e. The molecule has 2 bridgehead atoms. The molecule has 10 N–H and O–H groups in total. The summed E-state index contributed by atoms with van der Waals surface area (Å²) in [6, 6.07) is 8.41. The van der Waals surface area contributed by atoms with E-state index < -0.39 is 87.4 Å². The zero-order valence-electron chi connectivity index (χ0n) is 22.0. The van der Waals surface area contributed by atoms with E-state index in [2.05, 4.69) is 0 Å². The lowest BCUT2D eigenvalue weighted by molar-refractivity contribution is -0.219. The summed E-state index contributed by atoms with van der Waals surface area (Å²) in [4.78, 5) is 13.5. The lowest BCUT2D eigenvalue weighted by Gasteiger charge is -2.50. The molecule has 14 nitrogen and oxygen atoms in total. The van der Waals surface area contributed by atoms with Crippen LogP contribution >= 0.6 is 0 Å². The first-order valence-electron chi connectivity index (χ1n) is 13.0. The van der Waals surface area contributed by atoms with E-state index in [4.69, 9.17) is 14.2 Å². The van der Waals surface area contributed by atoms with Crippen LogP contribution in [-0.4, -0.2) is 69.1 Å². The highest BCUT2D eigenvalue weighted by atomic mass is 16.7. The number of rotatable bonds is 2. The third-order valence-electron chi connectivity index (χ3n) is 8.06. The number of ether oxygens (including phenoxy) is 3. The lowest BCUT2D eigenvalue weighted by Crippen LogP contribution is -2.57. The first-order valence-corrected chi connectivity index (χ1v) is 13.0. The molecule has 7 rings (SSSR count). The van der Waals surface area contributed by atoms with E-state index in [1.807, 2.05) is 0 Å². The van der Waals surface area contributed by atoms with Crippen LogP contribution in [0.2, 0.25) is 0 Å². The van der Waals surface area contributed by atoms with E-state index in [1.54, 1.807) is 0 Å². The molecule has 0 aromatic heterocycles. The minimum atomic E-state index is -2.35. The summed E-state index contributed by atoms with van der Waals surface area (Å²) in [7, 11) is 0. The summed E-state index contributed by atoms with van der Waals surface area (Å²) < 4.78 is 18.2. The summed E-state index contributed by atoms with van der Waals surface area (Å²) in [5.74, 6) is -10.8. The van der Waals surface area contributed by atoms with Gasteiger partial charge in [0.25, 0.3) is 0 Å². The van der Waals surface area contributed by atoms with Gasteiger partial charge in [0.1, 0.15) is 46.2 Å². The van der Waals surface area contributed by atoms with Crippen LogP contribution in [0.1, 0.15) is 44.6 Å². The third-order valence-corrected chi connectivity index (χ3v) is 8.06. The van der Waals surface area contributed by atoms with Gasteiger partial charge in [0.05, 0.1) is 5.92 Å². The molecule has 0 spiro atoms. The molecule has 0 aliphatic carbocycles. The van der Waals surface area contributed by atoms with Crippen molar-refractivity contribution in [3.05, 3.63) is 76.3 Å². The van der Waals surface area contributed by atoms with E-state index in [-0.39, 0.29) is 39.5 Å². The number of benzene rings is 4. The number of hydrogen-bond acceptors (Lipinski definition) is 14. The quantitative estimate of drug-likeness (QED) is 0.147. The summed E-state index contributed by atoms with van der Waals surface area (Å²) in [5.41, 5.74) is -0.844. The number of phenolic OH excluding ortho intramolecular Hbond substituents is 8. The van der Waals surface area contributed by atoms with Gasteiger partial charge in [-0.2, -0.15) is 0 Å². The Kier molecular flexibility index (Phi) is 5.48. The van der Waals surface area contributed by atoms with Crippen molar-refractivity contribution in [3.8, 4) is 63.2 Å². The van der Waals surface area contributed by atoms with E-state index in [9.17, 15) is 55.9 Å². The van der Waals surface area contributed by atoms with Gasteiger partial charge in [-0.1, -0.05) is 6.07 Å². The Morgan fingerprint density at radius 1 is 0.659 bits per heavy atom. The van der Waals surface area contributed by atoms with Crippen LogP contribution in [0.15, 0.2) is 48.5 Å². The van der Waals surface area contributed by atoms with Gasteiger partial charge in [0.15, 0.2) is 41.0 Å². The second kappa shape index (κ2) is 8.89. The summed E-state index contributed by atoms with van der Waals surface area (Å²) >= 11 is 0. The number of phenols is 8. The number of aliphatic hydroxyl groups excluding tert-OH is 2. The predicted molar refractivity (Wildman–Crippen MR) is 144 cm³/mol. The summed E-state index contributed by atoms with van der Waals surface area (Å²) in [6.45, 7) is 0. The van der Waals surface area contributed by atoms with Crippen molar-refractivity contribution in [1.82, 2.24) is 0 Å². The van der Waals surface area contributed by atoms with Crippen molar-refractivity contribution in [2.24, 2.45) is 0 Å². The number of fused-ring (bicyclic) bond motifs is 8. The second-order valence-corrected chi connectivity index (χ2v) is 10.6. The summed E-state index contributed by atoms with van der Waals surface area (Å²) in [6.07, 6.45) is -5.24. The van der Waals surface area contributed by atoms with E-state index >= 15 is 0 Å². The molecule has 226 valence electrons. The van der Waals surface area contributed by atoms with Crippen molar-refractivity contribution in [2.75, 3.05) is 0 Å². The van der Waals surface area contributed by atoms with Crippen LogP contribution < -0.4 is 14.2 Å². The van der Waals surface area contributed by atoms with Gasteiger partial charge >= 0.3 is 5.79 Å². The van der Waals surface area contributed by atoms with Crippen LogP contribution in [0.25, 0.3) is 0 Å². The number of aromatic hydroxyl groups is 8. The molecule has 44 heavy (non-hydrogen) atoms. The monoisotopic (exact) mass is 606 g/mol. The van der Waals surface area contributed by atoms with E-state index in [0.29, 0.717) is 0 Å². The molecule has 5 atom stereocenters. The molecule has 3 heterocycles. The highest BCUT2D eigenvalue weighted by molar-refractivity contribution is 6.06. The zero-order valence-corrected chi connectivity index (χ0v) is 22.0. The van der Waals surface area contributed by atoms with Crippen LogP contribution in [0.4, 0.5) is 0 Å². The maximum Gasteiger partial charge on any atom is 0.305 e. The molecule has 0 amide bonds. The number of ketones is 1. The van der Waals surface area contributed by atoms with Gasteiger partial charge in [-0.05, 0) is 29.8 Å². The van der Waals surface area contributed by atoms with Gasteiger partial charge < -0.3 is 65.3 Å². The molecule has 3 aliphatic heterocycles. The van der Waals surface area contributed by atoms with Crippen molar-refractivity contribution in [3.63, 3.8) is 0 Å². The van der Waals surface area contributed by atoms with Gasteiger partial charge in [0.2, 0.25) is 5.78 Å². The number of carbonyl (C=O) groups is 1. The molecule has 0 saturated heterocycles. The first kappa shape index (κ1) is 27.1. The Morgan fingerprint density at radius 3 is 1.98 bits per heavy atom. The normalized spacial score (nSPS) is 24.6. The Bertz CT molecular complexity index is 1900. The maximum atomic E-state index is 13.5. The fourth-order valence-corrected chi connectivity index (χ4v) is 6.06.